The molecule has 6 rings (SSSR count). The van der Waals surface area contributed by atoms with Gasteiger partial charge in [0.05, 0.1) is 28.0 Å². The average Bonchev–Trinajstić information content (AvgIpc) is 2.93. The number of benzene rings is 5. The van der Waals surface area contributed by atoms with E-state index in [-0.39, 0.29) is 0 Å². The third-order valence-electron chi connectivity index (χ3n) is 5.95. The van der Waals surface area contributed by atoms with Gasteiger partial charge in [-0.25, -0.2) is 14.8 Å². The van der Waals surface area contributed by atoms with E-state index in [0.717, 1.165) is 33.3 Å². The second-order valence-corrected chi connectivity index (χ2v) is 8.22. The highest BCUT2D eigenvalue weighted by atomic mass is 16.5. The zero-order valence-corrected chi connectivity index (χ0v) is 18.8. The fourth-order valence-electron chi connectivity index (χ4n) is 4.22. The summed E-state index contributed by atoms with van der Waals surface area (Å²) in [5, 5.41) is 1.91. The summed E-state index contributed by atoms with van der Waals surface area (Å²) in [5.74, 6) is 0.0992. The Bertz CT molecular complexity index is 1670. The van der Waals surface area contributed by atoms with Crippen LogP contribution in [0.4, 0.5) is 0 Å². The van der Waals surface area contributed by atoms with E-state index in [0.29, 0.717) is 22.3 Å². The summed E-state index contributed by atoms with van der Waals surface area (Å²) < 4.78 is 5.78. The number of carbonyl (C=O) groups excluding carboxylic acids is 1. The van der Waals surface area contributed by atoms with E-state index in [1.165, 1.54) is 0 Å². The molecule has 0 aliphatic rings. The van der Waals surface area contributed by atoms with Crippen LogP contribution in [0, 0.1) is 0 Å². The molecule has 6 aromatic rings. The van der Waals surface area contributed by atoms with Crippen LogP contribution in [0.5, 0.6) is 5.75 Å². The van der Waals surface area contributed by atoms with E-state index in [4.69, 9.17) is 14.7 Å². The van der Waals surface area contributed by atoms with Crippen LogP contribution >= 0.6 is 0 Å². The number of nitrogens with zero attached hydrogens (tertiary/aromatic N) is 2. The van der Waals surface area contributed by atoms with Gasteiger partial charge < -0.3 is 4.74 Å². The minimum absolute atomic E-state index is 0.422. The van der Waals surface area contributed by atoms with Gasteiger partial charge in [-0.1, -0.05) is 97.1 Å². The van der Waals surface area contributed by atoms with Gasteiger partial charge in [0.2, 0.25) is 0 Å². The molecule has 0 spiro atoms. The van der Waals surface area contributed by atoms with E-state index in [9.17, 15) is 4.79 Å². The summed E-state index contributed by atoms with van der Waals surface area (Å²) in [6.07, 6.45) is 0. The summed E-state index contributed by atoms with van der Waals surface area (Å²) in [6.45, 7) is 0. The maximum atomic E-state index is 13.1. The number of ether oxygens (including phenoxy) is 1. The Hall–Kier alpha value is -4.83. The fourth-order valence-corrected chi connectivity index (χ4v) is 4.22. The third kappa shape index (κ3) is 4.02. The van der Waals surface area contributed by atoms with Gasteiger partial charge in [0, 0.05) is 16.5 Å². The Morgan fingerprint density at radius 2 is 1.17 bits per heavy atom. The van der Waals surface area contributed by atoms with E-state index in [1.807, 2.05) is 103 Å². The van der Waals surface area contributed by atoms with Crippen molar-refractivity contribution in [1.82, 2.24) is 9.97 Å². The smallest absolute Gasteiger partial charge is 0.343 e. The van der Waals surface area contributed by atoms with Crippen molar-refractivity contribution >= 4 is 27.8 Å². The van der Waals surface area contributed by atoms with E-state index in [1.54, 1.807) is 18.2 Å². The molecule has 0 aliphatic heterocycles. The normalized spacial score (nSPS) is 11.0. The van der Waals surface area contributed by atoms with Crippen LogP contribution < -0.4 is 4.74 Å². The Kier molecular flexibility index (Phi) is 5.24. The van der Waals surface area contributed by atoms with Crippen molar-refractivity contribution in [3.8, 4) is 28.3 Å². The first-order valence-corrected chi connectivity index (χ1v) is 11.4. The van der Waals surface area contributed by atoms with Crippen molar-refractivity contribution in [2.24, 2.45) is 0 Å². The molecule has 0 atom stereocenters. The summed E-state index contributed by atoms with van der Waals surface area (Å²) in [5.41, 5.74) is 5.29. The second kappa shape index (κ2) is 8.84. The van der Waals surface area contributed by atoms with Gasteiger partial charge in [0.1, 0.15) is 5.75 Å². The molecule has 0 bridgehead atoms. The highest BCUT2D eigenvalue weighted by molar-refractivity contribution is 5.98. The molecular formula is C31H20N2O2. The molecule has 0 N–H and O–H groups in total. The lowest BCUT2D eigenvalue weighted by molar-refractivity contribution is 0.0737. The number of hydrogen-bond donors (Lipinski definition) is 0. The maximum Gasteiger partial charge on any atom is 0.343 e. The molecule has 0 amide bonds. The number of rotatable bonds is 4. The Morgan fingerprint density at radius 3 is 1.89 bits per heavy atom. The minimum atomic E-state index is -0.432. The molecule has 0 saturated heterocycles. The minimum Gasteiger partial charge on any atom is -0.422 e. The van der Waals surface area contributed by atoms with Gasteiger partial charge in [0.25, 0.3) is 0 Å². The second-order valence-electron chi connectivity index (χ2n) is 8.22. The van der Waals surface area contributed by atoms with Crippen LogP contribution in [0.25, 0.3) is 44.3 Å². The van der Waals surface area contributed by atoms with Crippen molar-refractivity contribution in [1.29, 1.82) is 0 Å². The summed E-state index contributed by atoms with van der Waals surface area (Å²) in [4.78, 5) is 23.0. The molecule has 0 fully saturated rings. The van der Waals surface area contributed by atoms with Crippen LogP contribution in [0.15, 0.2) is 121 Å². The maximum absolute atomic E-state index is 13.1. The molecule has 5 aromatic carbocycles. The SMILES string of the molecule is O=C(Oc1cccc2ccccc12)c1ccc2nc(-c3ccccc3)c(-c3ccccc3)nc2c1. The van der Waals surface area contributed by atoms with Crippen molar-refractivity contribution in [3.63, 3.8) is 0 Å². The van der Waals surface area contributed by atoms with Gasteiger partial charge >= 0.3 is 5.97 Å². The topological polar surface area (TPSA) is 52.1 Å². The zero-order valence-electron chi connectivity index (χ0n) is 18.8. The van der Waals surface area contributed by atoms with Gasteiger partial charge in [-0.15, -0.1) is 0 Å². The summed E-state index contributed by atoms with van der Waals surface area (Å²) in [7, 11) is 0. The number of hydrogen-bond acceptors (Lipinski definition) is 4. The molecule has 35 heavy (non-hydrogen) atoms. The van der Waals surface area contributed by atoms with Crippen LogP contribution in [0.1, 0.15) is 10.4 Å². The van der Waals surface area contributed by atoms with E-state index >= 15 is 0 Å². The Balaban J connectivity index is 1.43. The van der Waals surface area contributed by atoms with Gasteiger partial charge in [-0.05, 0) is 29.7 Å². The first-order valence-electron chi connectivity index (χ1n) is 11.4. The monoisotopic (exact) mass is 452 g/mol. The third-order valence-corrected chi connectivity index (χ3v) is 5.95. The van der Waals surface area contributed by atoms with Crippen LogP contribution in [0.2, 0.25) is 0 Å². The van der Waals surface area contributed by atoms with E-state index < -0.39 is 5.97 Å². The highest BCUT2D eigenvalue weighted by Gasteiger charge is 2.16. The van der Waals surface area contributed by atoms with Crippen molar-refractivity contribution < 1.29 is 9.53 Å². The number of aromatic nitrogens is 2. The fraction of sp³-hybridized carbons (Fsp3) is 0. The van der Waals surface area contributed by atoms with E-state index in [2.05, 4.69) is 0 Å². The van der Waals surface area contributed by atoms with Gasteiger partial charge in [-0.3, -0.25) is 0 Å². The largest absolute Gasteiger partial charge is 0.422 e. The number of carbonyl (C=O) groups is 1. The molecule has 0 radical (unpaired) electrons. The van der Waals surface area contributed by atoms with Crippen molar-refractivity contribution in [2.45, 2.75) is 0 Å². The van der Waals surface area contributed by atoms with Crippen LogP contribution in [-0.4, -0.2) is 15.9 Å². The molecule has 0 aliphatic carbocycles. The molecule has 166 valence electrons. The lowest BCUT2D eigenvalue weighted by atomic mass is 10.0. The molecule has 1 aromatic heterocycles. The lowest BCUT2D eigenvalue weighted by Crippen LogP contribution is -2.09. The average molecular weight is 453 g/mol. The zero-order chi connectivity index (χ0) is 23.6. The molecule has 4 heteroatoms. The molecular weight excluding hydrogens is 432 g/mol. The molecule has 1 heterocycles. The number of esters is 1. The number of fused-ring (bicyclic) bond motifs is 2. The van der Waals surface area contributed by atoms with Gasteiger partial charge in [-0.2, -0.15) is 0 Å². The first-order chi connectivity index (χ1) is 17.3. The first kappa shape index (κ1) is 20.8. The summed E-state index contributed by atoms with van der Waals surface area (Å²) in [6, 6.07) is 38.8. The molecule has 0 saturated carbocycles. The van der Waals surface area contributed by atoms with Crippen LogP contribution in [-0.2, 0) is 0 Å². The molecule has 0 unspecified atom stereocenters. The Morgan fingerprint density at radius 1 is 0.571 bits per heavy atom. The van der Waals surface area contributed by atoms with Crippen molar-refractivity contribution in [2.75, 3.05) is 0 Å². The van der Waals surface area contributed by atoms with Gasteiger partial charge in [0.15, 0.2) is 0 Å². The Labute approximate surface area is 202 Å². The standard InChI is InChI=1S/C31H20N2O2/c34-31(35-28-17-9-15-21-10-7-8-16-25(21)28)24-18-19-26-27(20-24)33-30(23-13-5-2-6-14-23)29(32-26)22-11-3-1-4-12-22/h1-20H. The predicted octanol–water partition coefficient (Wildman–Crippen LogP) is 7.34. The molecule has 4 nitrogen and oxygen atoms in total. The van der Waals surface area contributed by atoms with Crippen LogP contribution in [0.3, 0.4) is 0 Å². The van der Waals surface area contributed by atoms with Crippen molar-refractivity contribution in [3.05, 3.63) is 127 Å². The predicted molar refractivity (Wildman–Crippen MR) is 139 cm³/mol. The quantitative estimate of drug-likeness (QED) is 0.207. The lowest BCUT2D eigenvalue weighted by Gasteiger charge is -2.12. The highest BCUT2D eigenvalue weighted by Crippen LogP contribution is 2.31. The summed E-state index contributed by atoms with van der Waals surface area (Å²) >= 11 is 0.